The van der Waals surface area contributed by atoms with Gasteiger partial charge in [-0.05, 0) is 12.1 Å². The Morgan fingerprint density at radius 1 is 1.33 bits per heavy atom. The standard InChI is InChI=1S/C18H16Cl2N4O3/c1-9-7-24(16(17(9)25)18(26)27)13-6-12(23-5-4-21-8-23)10-2-3-11(19)14(20)15(10)22-13/h2-6,8-9,16-17,25H,7H2,1H3,(H,26,27)/t9-,16+,17+/m1/s1. The number of halogens is 2. The Kier molecular flexibility index (Phi) is 4.46. The molecule has 2 N–H and O–H groups in total. The molecule has 3 aromatic rings. The third-order valence-electron chi connectivity index (χ3n) is 4.89. The highest BCUT2D eigenvalue weighted by Crippen LogP contribution is 2.37. The minimum Gasteiger partial charge on any atom is -0.480 e. The number of carboxylic acids is 1. The number of nitrogens with zero attached hydrogens (tertiary/aromatic N) is 4. The van der Waals surface area contributed by atoms with E-state index in [9.17, 15) is 15.0 Å². The number of hydrogen-bond acceptors (Lipinski definition) is 5. The number of rotatable bonds is 3. The van der Waals surface area contributed by atoms with E-state index in [0.717, 1.165) is 11.1 Å². The maximum atomic E-state index is 11.7. The number of aliphatic carboxylic acids is 1. The number of aliphatic hydroxyl groups excluding tert-OH is 1. The van der Waals surface area contributed by atoms with Gasteiger partial charge in [0.1, 0.15) is 5.82 Å². The lowest BCUT2D eigenvalue weighted by Gasteiger charge is -2.25. The van der Waals surface area contributed by atoms with Gasteiger partial charge in [0, 0.05) is 36.3 Å². The molecule has 0 saturated carbocycles. The van der Waals surface area contributed by atoms with Gasteiger partial charge in [-0.15, -0.1) is 0 Å². The number of fused-ring (bicyclic) bond motifs is 1. The first-order valence-corrected chi connectivity index (χ1v) is 9.08. The molecule has 0 aliphatic carbocycles. The van der Waals surface area contributed by atoms with Gasteiger partial charge in [-0.2, -0.15) is 0 Å². The number of anilines is 1. The molecule has 1 aromatic carbocycles. The summed E-state index contributed by atoms with van der Waals surface area (Å²) in [5, 5.41) is 21.3. The van der Waals surface area contributed by atoms with Crippen molar-refractivity contribution in [2.24, 2.45) is 5.92 Å². The molecule has 1 saturated heterocycles. The molecule has 3 heterocycles. The predicted octanol–water partition coefficient (Wildman–Crippen LogP) is 3.00. The van der Waals surface area contributed by atoms with Crippen LogP contribution in [0.3, 0.4) is 0 Å². The van der Waals surface area contributed by atoms with E-state index in [4.69, 9.17) is 23.2 Å². The second kappa shape index (κ2) is 6.67. The van der Waals surface area contributed by atoms with E-state index in [2.05, 4.69) is 9.97 Å². The van der Waals surface area contributed by atoms with Gasteiger partial charge in [0.05, 0.1) is 33.7 Å². The number of hydrogen-bond donors (Lipinski definition) is 2. The Labute approximate surface area is 164 Å². The monoisotopic (exact) mass is 406 g/mol. The summed E-state index contributed by atoms with van der Waals surface area (Å²) >= 11 is 12.6. The maximum absolute atomic E-state index is 11.7. The van der Waals surface area contributed by atoms with E-state index in [1.54, 1.807) is 40.3 Å². The summed E-state index contributed by atoms with van der Waals surface area (Å²) in [4.78, 5) is 22.0. The first-order valence-electron chi connectivity index (χ1n) is 8.33. The zero-order chi connectivity index (χ0) is 19.3. The van der Waals surface area contributed by atoms with Crippen LogP contribution in [0, 0.1) is 5.92 Å². The van der Waals surface area contributed by atoms with Crippen LogP contribution in [0.4, 0.5) is 5.82 Å². The number of benzene rings is 1. The Morgan fingerprint density at radius 3 is 2.78 bits per heavy atom. The molecule has 1 aliphatic heterocycles. The van der Waals surface area contributed by atoms with E-state index in [0.29, 0.717) is 22.9 Å². The van der Waals surface area contributed by atoms with Crippen LogP contribution in [0.5, 0.6) is 0 Å². The van der Waals surface area contributed by atoms with Crippen molar-refractivity contribution in [2.45, 2.75) is 19.1 Å². The fourth-order valence-electron chi connectivity index (χ4n) is 3.51. The summed E-state index contributed by atoms with van der Waals surface area (Å²) in [5.74, 6) is -0.906. The second-order valence-corrected chi connectivity index (χ2v) is 7.42. The number of pyridine rings is 1. The lowest BCUT2D eigenvalue weighted by atomic mass is 10.0. The Bertz CT molecular complexity index is 1030. The summed E-state index contributed by atoms with van der Waals surface area (Å²) in [7, 11) is 0. The van der Waals surface area contributed by atoms with E-state index in [1.165, 1.54) is 0 Å². The molecule has 0 spiro atoms. The smallest absolute Gasteiger partial charge is 0.329 e. The van der Waals surface area contributed by atoms with Gasteiger partial charge in [0.2, 0.25) is 0 Å². The first-order chi connectivity index (χ1) is 12.9. The first kappa shape index (κ1) is 18.0. The van der Waals surface area contributed by atoms with Crippen LogP contribution >= 0.6 is 23.2 Å². The third-order valence-corrected chi connectivity index (χ3v) is 5.69. The molecule has 7 nitrogen and oxygen atoms in total. The summed E-state index contributed by atoms with van der Waals surface area (Å²) in [6.45, 7) is 2.17. The number of carboxylic acid groups (broad SMARTS) is 1. The number of aromatic nitrogens is 3. The maximum Gasteiger partial charge on any atom is 0.329 e. The van der Waals surface area contributed by atoms with E-state index < -0.39 is 18.1 Å². The zero-order valence-electron chi connectivity index (χ0n) is 14.3. The van der Waals surface area contributed by atoms with Crippen molar-refractivity contribution in [2.75, 3.05) is 11.4 Å². The summed E-state index contributed by atoms with van der Waals surface area (Å²) < 4.78 is 1.80. The van der Waals surface area contributed by atoms with Crippen LogP contribution in [0.2, 0.25) is 10.0 Å². The highest BCUT2D eigenvalue weighted by atomic mass is 35.5. The van der Waals surface area contributed by atoms with Gasteiger partial charge < -0.3 is 19.7 Å². The van der Waals surface area contributed by atoms with Crippen molar-refractivity contribution in [1.29, 1.82) is 0 Å². The quantitative estimate of drug-likeness (QED) is 0.694. The van der Waals surface area contributed by atoms with Crippen molar-refractivity contribution < 1.29 is 15.0 Å². The highest BCUT2D eigenvalue weighted by molar-refractivity contribution is 6.45. The van der Waals surface area contributed by atoms with Crippen molar-refractivity contribution in [3.05, 3.63) is 47.0 Å². The Hall–Kier alpha value is -2.35. The van der Waals surface area contributed by atoms with Gasteiger partial charge in [0.25, 0.3) is 0 Å². The van der Waals surface area contributed by atoms with Gasteiger partial charge in [-0.1, -0.05) is 30.1 Å². The molecule has 3 atom stereocenters. The summed E-state index contributed by atoms with van der Waals surface area (Å²) in [6, 6.07) is 4.19. The molecule has 0 radical (unpaired) electrons. The van der Waals surface area contributed by atoms with Gasteiger partial charge in [-0.3, -0.25) is 0 Å². The normalized spacial score (nSPS) is 22.5. The van der Waals surface area contributed by atoms with Gasteiger partial charge in [0.15, 0.2) is 6.04 Å². The van der Waals surface area contributed by atoms with Crippen LogP contribution in [-0.2, 0) is 4.79 Å². The van der Waals surface area contributed by atoms with Crippen LogP contribution in [0.25, 0.3) is 16.6 Å². The fraction of sp³-hybridized carbons (Fsp3) is 0.278. The Balaban J connectivity index is 1.97. The molecule has 1 fully saturated rings. The number of imidazole rings is 1. The topological polar surface area (TPSA) is 91.5 Å². The zero-order valence-corrected chi connectivity index (χ0v) is 15.8. The highest BCUT2D eigenvalue weighted by Gasteiger charge is 2.44. The second-order valence-electron chi connectivity index (χ2n) is 6.63. The SMILES string of the molecule is C[C@@H]1CN(c2cc(-n3ccnc3)c3ccc(Cl)c(Cl)c3n2)[C@H](C(=O)O)[C@H]1O. The molecular formula is C18H16Cl2N4O3. The van der Waals surface area contributed by atoms with Gasteiger partial charge >= 0.3 is 5.97 Å². The van der Waals surface area contributed by atoms with E-state index in [1.807, 2.05) is 13.0 Å². The largest absolute Gasteiger partial charge is 0.480 e. The Morgan fingerprint density at radius 2 is 2.11 bits per heavy atom. The fourth-order valence-corrected chi connectivity index (χ4v) is 3.87. The predicted molar refractivity (Wildman–Crippen MR) is 103 cm³/mol. The molecule has 2 aromatic heterocycles. The van der Waals surface area contributed by atoms with Crippen LogP contribution in [-0.4, -0.2) is 49.4 Å². The lowest BCUT2D eigenvalue weighted by molar-refractivity contribution is -0.140. The molecule has 0 unspecified atom stereocenters. The van der Waals surface area contributed by atoms with Crippen molar-refractivity contribution in [3.8, 4) is 5.69 Å². The lowest BCUT2D eigenvalue weighted by Crippen LogP contribution is -2.42. The third kappa shape index (κ3) is 2.92. The number of carbonyl (C=O) groups is 1. The molecule has 1 aliphatic rings. The molecule has 4 rings (SSSR count). The van der Waals surface area contributed by atoms with Gasteiger partial charge in [-0.25, -0.2) is 14.8 Å². The average Bonchev–Trinajstić information content (AvgIpc) is 3.26. The molecule has 0 bridgehead atoms. The van der Waals surface area contributed by atoms with Crippen LogP contribution in [0.1, 0.15) is 6.92 Å². The van der Waals surface area contributed by atoms with Crippen LogP contribution in [0.15, 0.2) is 36.9 Å². The minimum absolute atomic E-state index is 0.213. The summed E-state index contributed by atoms with van der Waals surface area (Å²) in [6.07, 6.45) is 4.06. The average molecular weight is 407 g/mol. The molecule has 0 amide bonds. The summed E-state index contributed by atoms with van der Waals surface area (Å²) in [5.41, 5.74) is 1.20. The van der Waals surface area contributed by atoms with E-state index in [-0.39, 0.29) is 10.9 Å². The van der Waals surface area contributed by atoms with Crippen molar-refractivity contribution in [1.82, 2.24) is 14.5 Å². The van der Waals surface area contributed by atoms with Crippen LogP contribution < -0.4 is 4.90 Å². The molecular weight excluding hydrogens is 391 g/mol. The molecule has 27 heavy (non-hydrogen) atoms. The molecule has 9 heteroatoms. The van der Waals surface area contributed by atoms with E-state index >= 15 is 0 Å². The minimum atomic E-state index is -1.10. The number of aliphatic hydroxyl groups is 1. The van der Waals surface area contributed by atoms with Crippen molar-refractivity contribution in [3.63, 3.8) is 0 Å². The molecule has 140 valence electrons. The van der Waals surface area contributed by atoms with Crippen molar-refractivity contribution >= 4 is 45.9 Å².